The Labute approximate surface area is 160 Å². The Morgan fingerprint density at radius 2 is 1.96 bits per heavy atom. The summed E-state index contributed by atoms with van der Waals surface area (Å²) in [5.74, 6) is -0.210. The fourth-order valence-electron chi connectivity index (χ4n) is 3.47. The average molecular weight is 407 g/mol. The number of nitrogens with zero attached hydrogens (tertiary/aromatic N) is 2. The number of nitrogens with one attached hydrogen (secondary N) is 1. The minimum atomic E-state index is -4.49. The maximum Gasteiger partial charge on any atom is 0.441 e. The number of benzene rings is 1. The van der Waals surface area contributed by atoms with Crippen LogP contribution in [0.1, 0.15) is 37.7 Å². The maximum atomic E-state index is 13.4. The summed E-state index contributed by atoms with van der Waals surface area (Å²) in [6.07, 6.45) is 0.868. The summed E-state index contributed by atoms with van der Waals surface area (Å²) in [5, 5.41) is 6.73. The van der Waals surface area contributed by atoms with Crippen LogP contribution in [-0.4, -0.2) is 22.4 Å². The third-order valence-corrected chi connectivity index (χ3v) is 4.82. The van der Waals surface area contributed by atoms with Crippen molar-refractivity contribution in [3.63, 3.8) is 0 Å². The van der Waals surface area contributed by atoms with Crippen LogP contribution in [0.2, 0.25) is 0 Å². The van der Waals surface area contributed by atoms with Crippen LogP contribution in [0.3, 0.4) is 0 Å². The molecule has 1 saturated carbocycles. The fourth-order valence-corrected chi connectivity index (χ4v) is 3.47. The van der Waals surface area contributed by atoms with Crippen molar-refractivity contribution in [2.24, 2.45) is 11.7 Å². The van der Waals surface area contributed by atoms with Gasteiger partial charge in [0.05, 0.1) is 11.3 Å². The van der Waals surface area contributed by atoms with E-state index in [1.165, 1.54) is 12.1 Å². The van der Waals surface area contributed by atoms with E-state index in [0.717, 1.165) is 49.2 Å². The predicted molar refractivity (Wildman–Crippen MR) is 97.4 cm³/mol. The minimum absolute atomic E-state index is 0. The minimum Gasteiger partial charge on any atom is -0.395 e. The molecule has 0 aliphatic heterocycles. The van der Waals surface area contributed by atoms with Crippen LogP contribution >= 0.6 is 12.4 Å². The molecule has 3 rings (SSSR count). The van der Waals surface area contributed by atoms with Crippen molar-refractivity contribution >= 4 is 18.1 Å². The lowest BCUT2D eigenvalue weighted by atomic mass is 9.84. The van der Waals surface area contributed by atoms with Crippen LogP contribution in [0.4, 0.5) is 18.9 Å². The van der Waals surface area contributed by atoms with E-state index in [-0.39, 0.29) is 29.8 Å². The smallest absolute Gasteiger partial charge is 0.395 e. The number of rotatable bonds is 5. The number of anilines is 1. The Morgan fingerprint density at radius 3 is 2.52 bits per heavy atom. The average Bonchev–Trinajstić information content (AvgIpc) is 3.02. The van der Waals surface area contributed by atoms with Crippen LogP contribution in [0.5, 0.6) is 0 Å². The molecule has 150 valence electrons. The highest BCUT2D eigenvalue weighted by Gasteiger charge is 2.34. The molecule has 6 nitrogen and oxygen atoms in total. The molecule has 2 aromatic rings. The molecular weight excluding hydrogens is 385 g/mol. The van der Waals surface area contributed by atoms with Gasteiger partial charge in [0.1, 0.15) is 0 Å². The van der Waals surface area contributed by atoms with E-state index in [1.54, 1.807) is 0 Å². The van der Waals surface area contributed by atoms with E-state index >= 15 is 0 Å². The van der Waals surface area contributed by atoms with Crippen molar-refractivity contribution in [1.29, 1.82) is 0 Å². The quantitative estimate of drug-likeness (QED) is 0.792. The van der Waals surface area contributed by atoms with Crippen LogP contribution in [0.15, 0.2) is 33.8 Å². The predicted octanol–water partition coefficient (Wildman–Crippen LogP) is 3.59. The second-order valence-corrected chi connectivity index (χ2v) is 6.58. The molecule has 3 N–H and O–H groups in total. The molecule has 0 unspecified atom stereocenters. The Kier molecular flexibility index (Phi) is 6.94. The zero-order valence-electron chi connectivity index (χ0n) is 14.5. The van der Waals surface area contributed by atoms with Gasteiger partial charge >= 0.3 is 11.9 Å². The highest BCUT2D eigenvalue weighted by atomic mass is 35.5. The zero-order valence-corrected chi connectivity index (χ0v) is 15.4. The molecule has 1 aliphatic rings. The van der Waals surface area contributed by atoms with E-state index in [0.29, 0.717) is 12.5 Å². The topological polar surface area (TPSA) is 86.1 Å². The van der Waals surface area contributed by atoms with Gasteiger partial charge in [-0.1, -0.05) is 0 Å². The van der Waals surface area contributed by atoms with Gasteiger partial charge in [-0.15, -0.1) is 17.5 Å². The monoisotopic (exact) mass is 406 g/mol. The van der Waals surface area contributed by atoms with E-state index in [4.69, 9.17) is 5.73 Å². The first-order valence-electron chi connectivity index (χ1n) is 8.59. The summed E-state index contributed by atoms with van der Waals surface area (Å²) in [4.78, 5) is 11.6. The summed E-state index contributed by atoms with van der Waals surface area (Å²) < 4.78 is 45.6. The highest BCUT2D eigenvalue weighted by molar-refractivity contribution is 5.85. The molecular formula is C17H22ClF3N4O2. The molecule has 1 aromatic heterocycles. The van der Waals surface area contributed by atoms with Crippen LogP contribution < -0.4 is 16.8 Å². The number of halogens is 4. The van der Waals surface area contributed by atoms with E-state index in [1.807, 2.05) is 0 Å². The Hall–Kier alpha value is -2.00. The van der Waals surface area contributed by atoms with E-state index in [2.05, 4.69) is 14.8 Å². The zero-order chi connectivity index (χ0) is 18.7. The van der Waals surface area contributed by atoms with Crippen molar-refractivity contribution in [2.75, 3.05) is 11.9 Å². The van der Waals surface area contributed by atoms with Gasteiger partial charge in [-0.2, -0.15) is 17.9 Å². The number of hydrogen-bond donors (Lipinski definition) is 2. The van der Waals surface area contributed by atoms with E-state index < -0.39 is 17.5 Å². The summed E-state index contributed by atoms with van der Waals surface area (Å²) in [7, 11) is 0. The van der Waals surface area contributed by atoms with Crippen molar-refractivity contribution in [2.45, 2.75) is 44.3 Å². The Balaban J connectivity index is 0.00000261. The first-order chi connectivity index (χ1) is 12.4. The van der Waals surface area contributed by atoms with Crippen molar-refractivity contribution in [3.05, 3.63) is 40.7 Å². The van der Waals surface area contributed by atoms with Crippen molar-refractivity contribution < 1.29 is 17.6 Å². The third-order valence-electron chi connectivity index (χ3n) is 4.82. The summed E-state index contributed by atoms with van der Waals surface area (Å²) >= 11 is 0. The second kappa shape index (κ2) is 8.79. The number of aromatic nitrogens is 2. The maximum absolute atomic E-state index is 13.4. The van der Waals surface area contributed by atoms with Crippen LogP contribution in [-0.2, 0) is 6.18 Å². The van der Waals surface area contributed by atoms with Crippen molar-refractivity contribution in [3.8, 4) is 5.69 Å². The lowest BCUT2D eigenvalue weighted by molar-refractivity contribution is -0.137. The summed E-state index contributed by atoms with van der Waals surface area (Å²) in [6, 6.07) is 3.41. The van der Waals surface area contributed by atoms with Gasteiger partial charge in [-0.25, -0.2) is 4.79 Å². The van der Waals surface area contributed by atoms with E-state index in [9.17, 15) is 18.0 Å². The normalized spacial score (nSPS) is 20.1. The van der Waals surface area contributed by atoms with Crippen molar-refractivity contribution in [1.82, 2.24) is 9.78 Å². The molecule has 0 amide bonds. The second-order valence-electron chi connectivity index (χ2n) is 6.58. The lowest BCUT2D eigenvalue weighted by Gasteiger charge is -2.30. The summed E-state index contributed by atoms with van der Waals surface area (Å²) in [6.45, 7) is 0.634. The number of alkyl halides is 3. The molecule has 1 aromatic carbocycles. The first kappa shape index (κ1) is 21.3. The molecule has 1 heterocycles. The third kappa shape index (κ3) is 5.04. The van der Waals surface area contributed by atoms with Gasteiger partial charge in [0.2, 0.25) is 6.39 Å². The van der Waals surface area contributed by atoms with Gasteiger partial charge in [-0.3, -0.25) is 0 Å². The lowest BCUT2D eigenvalue weighted by Crippen LogP contribution is -2.28. The molecule has 1 aliphatic carbocycles. The van der Waals surface area contributed by atoms with Crippen LogP contribution in [0.25, 0.3) is 5.69 Å². The highest BCUT2D eigenvalue weighted by Crippen LogP contribution is 2.37. The first-order valence-corrected chi connectivity index (χ1v) is 8.59. The van der Waals surface area contributed by atoms with Gasteiger partial charge in [-0.05, 0) is 62.8 Å². The molecule has 0 bridgehead atoms. The fraction of sp³-hybridized carbons (Fsp3) is 0.529. The molecule has 0 atom stereocenters. The number of nitrogens with two attached hydrogens (primary N) is 1. The molecule has 0 saturated heterocycles. The van der Waals surface area contributed by atoms with Crippen LogP contribution in [0, 0.1) is 5.92 Å². The summed E-state index contributed by atoms with van der Waals surface area (Å²) in [5.41, 5.74) is 4.99. The molecule has 27 heavy (non-hydrogen) atoms. The van der Waals surface area contributed by atoms with Gasteiger partial charge in [0.15, 0.2) is 0 Å². The van der Waals surface area contributed by atoms with Gasteiger partial charge in [0.25, 0.3) is 0 Å². The van der Waals surface area contributed by atoms with Gasteiger partial charge in [0, 0.05) is 11.7 Å². The Bertz CT molecular complexity index is 798. The molecule has 1 fully saturated rings. The number of hydrogen-bond acceptors (Lipinski definition) is 5. The molecule has 0 spiro atoms. The Morgan fingerprint density at radius 1 is 1.26 bits per heavy atom. The SMILES string of the molecule is Cl.NCCC1CCC(Nc2cc(-n3ncoc3=O)ccc2C(F)(F)F)CC1. The molecule has 0 radical (unpaired) electrons. The van der Waals surface area contributed by atoms with Gasteiger partial charge < -0.3 is 15.5 Å². The largest absolute Gasteiger partial charge is 0.441 e. The molecule has 10 heteroatoms. The standard InChI is InChI=1S/C17H21F3N4O2.ClH/c18-17(19,20)14-6-5-13(24-16(25)26-10-22-24)9-15(14)23-12-3-1-11(2-4-12)7-8-21;/h5-6,9-12,23H,1-4,7-8,21H2;1H.